The van der Waals surface area contributed by atoms with E-state index < -0.39 is 18.0 Å². The van der Waals surface area contributed by atoms with Crippen molar-refractivity contribution < 1.29 is 24.3 Å². The Morgan fingerprint density at radius 3 is 2.82 bits per heavy atom. The summed E-state index contributed by atoms with van der Waals surface area (Å²) in [6.07, 6.45) is 1.31. The van der Waals surface area contributed by atoms with E-state index in [0.29, 0.717) is 5.69 Å². The predicted molar refractivity (Wildman–Crippen MR) is 55.0 cm³/mol. The standard InChI is InChI=1S/C9H13N3O5/c13-3-1-7(8(14)15)11-9(16)10-5-6-2-4-17-12-6/h2,4,7,13H,1,3,5H2,(H,14,15)(H2,10,11,16). The van der Waals surface area contributed by atoms with Gasteiger partial charge in [0, 0.05) is 19.1 Å². The van der Waals surface area contributed by atoms with Crippen molar-refractivity contribution in [2.24, 2.45) is 0 Å². The molecule has 8 heteroatoms. The summed E-state index contributed by atoms with van der Waals surface area (Å²) in [4.78, 5) is 22.0. The van der Waals surface area contributed by atoms with Gasteiger partial charge in [-0.25, -0.2) is 9.59 Å². The number of aliphatic carboxylic acids is 1. The smallest absolute Gasteiger partial charge is 0.326 e. The molecule has 0 fully saturated rings. The Morgan fingerprint density at radius 2 is 2.29 bits per heavy atom. The zero-order chi connectivity index (χ0) is 12.7. The molecule has 8 nitrogen and oxygen atoms in total. The molecule has 1 atom stereocenters. The molecule has 0 spiro atoms. The Hall–Kier alpha value is -2.09. The molecule has 4 N–H and O–H groups in total. The van der Waals surface area contributed by atoms with Crippen LogP contribution in [0.2, 0.25) is 0 Å². The van der Waals surface area contributed by atoms with E-state index in [1.807, 2.05) is 0 Å². The van der Waals surface area contributed by atoms with Gasteiger partial charge in [0.15, 0.2) is 0 Å². The van der Waals surface area contributed by atoms with Crippen LogP contribution in [0.5, 0.6) is 0 Å². The molecule has 0 aromatic carbocycles. The van der Waals surface area contributed by atoms with Crippen molar-refractivity contribution in [1.29, 1.82) is 0 Å². The number of aliphatic hydroxyl groups excluding tert-OH is 1. The Kier molecular flexibility index (Phi) is 4.95. The van der Waals surface area contributed by atoms with Crippen LogP contribution in [0.3, 0.4) is 0 Å². The number of aliphatic hydroxyl groups is 1. The number of hydrogen-bond acceptors (Lipinski definition) is 5. The lowest BCUT2D eigenvalue weighted by molar-refractivity contribution is -0.139. The van der Waals surface area contributed by atoms with E-state index in [-0.39, 0.29) is 19.6 Å². The summed E-state index contributed by atoms with van der Waals surface area (Å²) < 4.78 is 4.56. The second-order valence-electron chi connectivity index (χ2n) is 3.22. The van der Waals surface area contributed by atoms with Gasteiger partial charge in [-0.05, 0) is 0 Å². The van der Waals surface area contributed by atoms with Gasteiger partial charge in [0.1, 0.15) is 18.0 Å². The maximum Gasteiger partial charge on any atom is 0.326 e. The Balaban J connectivity index is 2.34. The van der Waals surface area contributed by atoms with E-state index in [2.05, 4.69) is 20.3 Å². The second-order valence-corrected chi connectivity index (χ2v) is 3.22. The molecule has 1 rings (SSSR count). The van der Waals surface area contributed by atoms with Crippen molar-refractivity contribution in [3.8, 4) is 0 Å². The van der Waals surface area contributed by atoms with Crippen molar-refractivity contribution >= 4 is 12.0 Å². The number of carboxylic acids is 1. The van der Waals surface area contributed by atoms with Crippen molar-refractivity contribution in [2.75, 3.05) is 6.61 Å². The lowest BCUT2D eigenvalue weighted by Gasteiger charge is -2.13. The van der Waals surface area contributed by atoms with Gasteiger partial charge in [0.2, 0.25) is 0 Å². The molecule has 1 aromatic heterocycles. The van der Waals surface area contributed by atoms with Crippen molar-refractivity contribution in [3.05, 3.63) is 18.0 Å². The van der Waals surface area contributed by atoms with Gasteiger partial charge in [0.05, 0.1) is 6.54 Å². The summed E-state index contributed by atoms with van der Waals surface area (Å²) in [6.45, 7) is -0.186. The summed E-state index contributed by atoms with van der Waals surface area (Å²) in [6, 6.07) is -0.186. The first-order valence-corrected chi connectivity index (χ1v) is 4.90. The third-order valence-corrected chi connectivity index (χ3v) is 1.94. The van der Waals surface area contributed by atoms with Crippen LogP contribution < -0.4 is 10.6 Å². The lowest BCUT2D eigenvalue weighted by atomic mass is 10.2. The van der Waals surface area contributed by atoms with Crippen LogP contribution >= 0.6 is 0 Å². The largest absolute Gasteiger partial charge is 0.480 e. The molecule has 0 aliphatic heterocycles. The average molecular weight is 243 g/mol. The van der Waals surface area contributed by atoms with Crippen LogP contribution in [0, 0.1) is 0 Å². The number of amides is 2. The van der Waals surface area contributed by atoms with Gasteiger partial charge in [-0.15, -0.1) is 0 Å². The minimum Gasteiger partial charge on any atom is -0.480 e. The minimum atomic E-state index is -1.20. The van der Waals surface area contributed by atoms with E-state index >= 15 is 0 Å². The number of nitrogens with one attached hydrogen (secondary N) is 2. The van der Waals surface area contributed by atoms with E-state index in [0.717, 1.165) is 0 Å². The van der Waals surface area contributed by atoms with Crippen LogP contribution in [0.4, 0.5) is 4.79 Å². The number of rotatable bonds is 6. The fourth-order valence-corrected chi connectivity index (χ4v) is 1.10. The highest BCUT2D eigenvalue weighted by molar-refractivity contribution is 5.82. The average Bonchev–Trinajstić information content (AvgIpc) is 2.78. The van der Waals surface area contributed by atoms with E-state index in [1.54, 1.807) is 6.07 Å². The number of carbonyl (C=O) groups is 2. The Labute approximate surface area is 96.6 Å². The van der Waals surface area contributed by atoms with Gasteiger partial charge in [-0.2, -0.15) is 0 Å². The lowest BCUT2D eigenvalue weighted by Crippen LogP contribution is -2.46. The monoisotopic (exact) mass is 243 g/mol. The highest BCUT2D eigenvalue weighted by Gasteiger charge is 2.18. The van der Waals surface area contributed by atoms with Gasteiger partial charge >= 0.3 is 12.0 Å². The number of aromatic nitrogens is 1. The third-order valence-electron chi connectivity index (χ3n) is 1.94. The van der Waals surface area contributed by atoms with E-state index in [4.69, 9.17) is 10.2 Å². The first kappa shape index (κ1) is 13.0. The highest BCUT2D eigenvalue weighted by Crippen LogP contribution is 1.94. The molecule has 0 radical (unpaired) electrons. The van der Waals surface area contributed by atoms with Gasteiger partial charge in [-0.1, -0.05) is 5.16 Å². The Morgan fingerprint density at radius 1 is 1.53 bits per heavy atom. The maximum atomic E-state index is 11.3. The third kappa shape index (κ3) is 4.51. The molecule has 94 valence electrons. The van der Waals surface area contributed by atoms with E-state index in [1.165, 1.54) is 6.26 Å². The second kappa shape index (κ2) is 6.48. The molecule has 0 saturated carbocycles. The molecule has 0 bridgehead atoms. The molecule has 0 aliphatic rings. The quantitative estimate of drug-likeness (QED) is 0.524. The first-order chi connectivity index (χ1) is 8.13. The number of hydrogen-bond donors (Lipinski definition) is 4. The molecule has 1 unspecified atom stereocenters. The van der Waals surface area contributed by atoms with Crippen molar-refractivity contribution in [2.45, 2.75) is 19.0 Å². The molecular formula is C9H13N3O5. The molecule has 2 amide bonds. The number of nitrogens with zero attached hydrogens (tertiary/aromatic N) is 1. The predicted octanol–water partition coefficient (Wildman–Crippen LogP) is -0.691. The Bertz CT molecular complexity index is 365. The summed E-state index contributed by atoms with van der Waals surface area (Å²) in [7, 11) is 0. The van der Waals surface area contributed by atoms with Crippen LogP contribution in [0.15, 0.2) is 16.9 Å². The maximum absolute atomic E-state index is 11.3. The fourth-order valence-electron chi connectivity index (χ4n) is 1.10. The zero-order valence-corrected chi connectivity index (χ0v) is 8.92. The fraction of sp³-hybridized carbons (Fsp3) is 0.444. The number of urea groups is 1. The normalized spacial score (nSPS) is 11.8. The van der Waals surface area contributed by atoms with Gasteiger partial charge in [-0.3, -0.25) is 0 Å². The zero-order valence-electron chi connectivity index (χ0n) is 8.92. The van der Waals surface area contributed by atoms with Crippen molar-refractivity contribution in [1.82, 2.24) is 15.8 Å². The summed E-state index contributed by atoms with van der Waals surface area (Å²) >= 11 is 0. The number of carbonyl (C=O) groups excluding carboxylic acids is 1. The number of carboxylic acid groups (broad SMARTS) is 1. The first-order valence-electron chi connectivity index (χ1n) is 4.90. The van der Waals surface area contributed by atoms with Crippen LogP contribution in [-0.2, 0) is 11.3 Å². The van der Waals surface area contributed by atoms with Crippen LogP contribution in [0.25, 0.3) is 0 Å². The van der Waals surface area contributed by atoms with Crippen LogP contribution in [-0.4, -0.2) is 40.0 Å². The molecule has 0 aliphatic carbocycles. The van der Waals surface area contributed by atoms with Crippen molar-refractivity contribution in [3.63, 3.8) is 0 Å². The summed E-state index contributed by atoms with van der Waals surface area (Å²) in [5.74, 6) is -1.20. The SMILES string of the molecule is O=C(NCc1ccon1)NC(CCO)C(=O)O. The van der Waals surface area contributed by atoms with Gasteiger partial charge in [0.25, 0.3) is 0 Å². The summed E-state index contributed by atoms with van der Waals surface area (Å²) in [5, 5.41) is 25.5. The minimum absolute atomic E-state index is 0.0489. The summed E-state index contributed by atoms with van der Waals surface area (Å²) in [5.41, 5.74) is 0.522. The molecule has 1 heterocycles. The van der Waals surface area contributed by atoms with Gasteiger partial charge < -0.3 is 25.4 Å². The highest BCUT2D eigenvalue weighted by atomic mass is 16.5. The molecule has 0 saturated heterocycles. The molecule has 1 aromatic rings. The topological polar surface area (TPSA) is 125 Å². The van der Waals surface area contributed by atoms with E-state index in [9.17, 15) is 9.59 Å². The van der Waals surface area contributed by atoms with Crippen LogP contribution in [0.1, 0.15) is 12.1 Å². The molecule has 17 heavy (non-hydrogen) atoms. The molecular weight excluding hydrogens is 230 g/mol.